The number of carbonyl (C=O) groups is 2. The first-order valence-electron chi connectivity index (χ1n) is 16.1. The summed E-state index contributed by atoms with van der Waals surface area (Å²) < 4.78 is 94.7. The third-order valence-corrected chi connectivity index (χ3v) is 9.43. The number of nitrogens with zero attached hydrogens (tertiary/aromatic N) is 2. The van der Waals surface area contributed by atoms with E-state index in [0.717, 1.165) is 29.5 Å². The van der Waals surface area contributed by atoms with Crippen LogP contribution < -0.4 is 15.6 Å². The van der Waals surface area contributed by atoms with Gasteiger partial charge in [0.2, 0.25) is 5.91 Å². The van der Waals surface area contributed by atoms with Crippen LogP contribution in [0.1, 0.15) is 57.4 Å². The number of nitrogens with one attached hydrogen (secondary N) is 1. The van der Waals surface area contributed by atoms with E-state index in [4.69, 9.17) is 4.74 Å². The third-order valence-electron chi connectivity index (χ3n) is 9.43. The second-order valence-corrected chi connectivity index (χ2v) is 13.0. The van der Waals surface area contributed by atoms with Gasteiger partial charge in [0.15, 0.2) is 0 Å². The van der Waals surface area contributed by atoms with E-state index in [1.54, 1.807) is 23.1 Å². The number of amides is 1. The molecule has 0 radical (unpaired) electrons. The van der Waals surface area contributed by atoms with Gasteiger partial charge in [0, 0.05) is 48.6 Å². The molecule has 3 heterocycles. The van der Waals surface area contributed by atoms with Gasteiger partial charge in [-0.3, -0.25) is 23.9 Å². The number of ether oxygens (including phenoxy) is 1. The molecule has 2 aliphatic heterocycles. The van der Waals surface area contributed by atoms with Crippen molar-refractivity contribution in [2.75, 3.05) is 19.6 Å². The number of carbonyl (C=O) groups excluding carboxylic acids is 1. The van der Waals surface area contributed by atoms with E-state index >= 15 is 8.78 Å². The molecule has 8 nitrogen and oxygen atoms in total. The lowest BCUT2D eigenvalue weighted by atomic mass is 9.90. The average molecular weight is 714 g/mol. The Bertz CT molecular complexity index is 2110. The molecule has 1 saturated heterocycles. The number of likely N-dealkylation sites (tertiary alicyclic amines) is 1. The van der Waals surface area contributed by atoms with Gasteiger partial charge in [-0.15, -0.1) is 0 Å². The molecule has 51 heavy (non-hydrogen) atoms. The fraction of sp³-hybridized carbons (Fsp3) is 0.324. The average Bonchev–Trinajstić information content (AvgIpc) is 3.03. The molecule has 2 atom stereocenters. The van der Waals surface area contributed by atoms with E-state index in [0.29, 0.717) is 21.8 Å². The van der Waals surface area contributed by atoms with Crippen LogP contribution in [-0.4, -0.2) is 52.3 Å². The molecule has 4 aromatic rings. The number of aliphatic carboxylic acids is 1. The second-order valence-electron chi connectivity index (χ2n) is 13.0. The zero-order chi connectivity index (χ0) is 36.9. The minimum absolute atomic E-state index is 0.00417. The SMILES string of the molecule is Cc1ccc2c(c1C)-c1cc(C)c(F)c(c1)[C@H](CC(=O)O)NC(=O)[C@@H](n1cc(CCN3CC(F)C3)c(C(F)(F)F)cc1=O)c1cc(ccc1F)O2. The van der Waals surface area contributed by atoms with Gasteiger partial charge in [-0.25, -0.2) is 13.2 Å². The first-order valence-corrected chi connectivity index (χ1v) is 16.1. The molecule has 268 valence electrons. The van der Waals surface area contributed by atoms with Crippen LogP contribution in [-0.2, 0) is 22.2 Å². The summed E-state index contributed by atoms with van der Waals surface area (Å²) in [5.74, 6) is -4.21. The smallest absolute Gasteiger partial charge is 0.416 e. The number of hydrogen-bond donors (Lipinski definition) is 2. The van der Waals surface area contributed by atoms with Crippen molar-refractivity contribution >= 4 is 11.9 Å². The van der Waals surface area contributed by atoms with Gasteiger partial charge >= 0.3 is 12.1 Å². The van der Waals surface area contributed by atoms with Crippen LogP contribution in [0.2, 0.25) is 0 Å². The van der Waals surface area contributed by atoms with Gasteiger partial charge in [-0.05, 0) is 91.4 Å². The molecule has 3 aromatic carbocycles. The number of aryl methyl sites for hydroxylation is 2. The maximum Gasteiger partial charge on any atom is 0.416 e. The third kappa shape index (κ3) is 7.09. The standard InChI is InChI=1S/C37H33F6N3O5/c1-18-4-7-30-33(20(18)3)22-10-19(2)34(40)26(11-22)29(14-32(48)49)44-36(50)35(25-12-24(51-30)5-6-28(25)39)46-15-21(8-9-45-16-23(38)17-45)27(13-31(46)47)37(41,42)43/h4-7,10-13,15,23,29,35H,8-9,14,16-17H2,1-3H3,(H,44,50)(H,48,49)/t29-,35-/m0/s1. The number of hydrogen-bond acceptors (Lipinski definition) is 5. The second kappa shape index (κ2) is 13.5. The topological polar surface area (TPSA) is 101 Å². The molecule has 1 fully saturated rings. The molecule has 0 saturated carbocycles. The number of carboxylic acid groups (broad SMARTS) is 1. The van der Waals surface area contributed by atoms with Crippen molar-refractivity contribution in [3.05, 3.63) is 116 Å². The highest BCUT2D eigenvalue weighted by molar-refractivity contribution is 5.85. The lowest BCUT2D eigenvalue weighted by Gasteiger charge is -2.34. The van der Waals surface area contributed by atoms with E-state index in [1.807, 2.05) is 13.8 Å². The number of pyridine rings is 1. The number of halogens is 6. The van der Waals surface area contributed by atoms with Crippen LogP contribution >= 0.6 is 0 Å². The van der Waals surface area contributed by atoms with Crippen LogP contribution in [0, 0.1) is 32.4 Å². The Kier molecular flexibility index (Phi) is 9.49. The van der Waals surface area contributed by atoms with E-state index in [2.05, 4.69) is 5.32 Å². The molecule has 0 unspecified atom stereocenters. The zero-order valence-corrected chi connectivity index (χ0v) is 27.7. The maximum atomic E-state index is 15.9. The minimum atomic E-state index is -4.98. The monoisotopic (exact) mass is 713 g/mol. The van der Waals surface area contributed by atoms with E-state index in [9.17, 15) is 37.1 Å². The van der Waals surface area contributed by atoms with Crippen molar-refractivity contribution in [1.29, 1.82) is 0 Å². The van der Waals surface area contributed by atoms with Gasteiger partial charge in [0.05, 0.1) is 18.0 Å². The number of aromatic nitrogens is 1. The number of fused-ring (bicyclic) bond motifs is 6. The molecular formula is C37H33F6N3O5. The normalized spacial score (nSPS) is 18.0. The molecular weight excluding hydrogens is 680 g/mol. The van der Waals surface area contributed by atoms with Crippen LogP contribution in [0.25, 0.3) is 11.1 Å². The Balaban J connectivity index is 1.59. The van der Waals surface area contributed by atoms with Gasteiger partial charge < -0.3 is 15.2 Å². The van der Waals surface area contributed by atoms with Gasteiger partial charge in [-0.2, -0.15) is 13.2 Å². The molecule has 1 aromatic heterocycles. The highest BCUT2D eigenvalue weighted by atomic mass is 19.4. The van der Waals surface area contributed by atoms with E-state index in [1.165, 1.54) is 19.1 Å². The van der Waals surface area contributed by atoms with Gasteiger partial charge in [-0.1, -0.05) is 6.07 Å². The molecule has 6 rings (SSSR count). The Morgan fingerprint density at radius 2 is 1.71 bits per heavy atom. The van der Waals surface area contributed by atoms with Crippen LogP contribution in [0.3, 0.4) is 0 Å². The lowest BCUT2D eigenvalue weighted by molar-refractivity contribution is -0.139. The summed E-state index contributed by atoms with van der Waals surface area (Å²) in [7, 11) is 0. The van der Waals surface area contributed by atoms with Gasteiger partial charge in [0.1, 0.15) is 35.3 Å². The molecule has 4 bridgehead atoms. The van der Waals surface area contributed by atoms with Crippen LogP contribution in [0.15, 0.2) is 59.5 Å². The Morgan fingerprint density at radius 1 is 0.980 bits per heavy atom. The lowest BCUT2D eigenvalue weighted by Crippen LogP contribution is -2.49. The Labute approximate surface area is 288 Å². The van der Waals surface area contributed by atoms with Gasteiger partial charge in [0.25, 0.3) is 5.56 Å². The zero-order valence-electron chi connectivity index (χ0n) is 27.7. The summed E-state index contributed by atoms with van der Waals surface area (Å²) in [5, 5.41) is 12.3. The minimum Gasteiger partial charge on any atom is -0.481 e. The molecule has 1 amide bonds. The quantitative estimate of drug-likeness (QED) is 0.210. The summed E-state index contributed by atoms with van der Waals surface area (Å²) >= 11 is 0. The van der Waals surface area contributed by atoms with Crippen LogP contribution in [0.5, 0.6) is 11.5 Å². The summed E-state index contributed by atoms with van der Waals surface area (Å²) in [6.45, 7) is 5.17. The summed E-state index contributed by atoms with van der Waals surface area (Å²) in [5.41, 5.74) is -1.06. The molecule has 0 spiro atoms. The maximum absolute atomic E-state index is 15.9. The van der Waals surface area contributed by atoms with Crippen molar-refractivity contribution in [2.24, 2.45) is 0 Å². The van der Waals surface area contributed by atoms with Crippen molar-refractivity contribution in [3.63, 3.8) is 0 Å². The fourth-order valence-corrected chi connectivity index (χ4v) is 6.66. The van der Waals surface area contributed by atoms with Crippen LogP contribution in [0.4, 0.5) is 26.3 Å². The molecule has 2 N–H and O–H groups in total. The predicted molar refractivity (Wildman–Crippen MR) is 175 cm³/mol. The Hall–Kier alpha value is -5.11. The van der Waals surface area contributed by atoms with Crippen molar-refractivity contribution in [2.45, 2.75) is 58.0 Å². The van der Waals surface area contributed by atoms with E-state index in [-0.39, 0.29) is 48.7 Å². The number of carboxylic acids is 1. The summed E-state index contributed by atoms with van der Waals surface area (Å²) in [6, 6.07) is 6.44. The first kappa shape index (κ1) is 35.7. The first-order chi connectivity index (χ1) is 24.0. The molecule has 2 aliphatic rings. The highest BCUT2D eigenvalue weighted by Gasteiger charge is 2.38. The van der Waals surface area contributed by atoms with Crippen molar-refractivity contribution in [3.8, 4) is 22.6 Å². The number of benzene rings is 3. The number of rotatable bonds is 6. The van der Waals surface area contributed by atoms with Crippen molar-refractivity contribution in [1.82, 2.24) is 14.8 Å². The molecule has 14 heteroatoms. The Morgan fingerprint density at radius 3 is 2.37 bits per heavy atom. The molecule has 0 aliphatic carbocycles. The predicted octanol–water partition coefficient (Wildman–Crippen LogP) is 6.96. The summed E-state index contributed by atoms with van der Waals surface area (Å²) in [6.07, 6.45) is -6.41. The highest BCUT2D eigenvalue weighted by Crippen LogP contribution is 2.41. The van der Waals surface area contributed by atoms with E-state index < -0.39 is 76.6 Å². The van der Waals surface area contributed by atoms with Crippen molar-refractivity contribution < 1.29 is 45.8 Å². The largest absolute Gasteiger partial charge is 0.481 e. The fourth-order valence-electron chi connectivity index (χ4n) is 6.66. The summed E-state index contributed by atoms with van der Waals surface area (Å²) in [4.78, 5) is 41.5. The number of alkyl halides is 4.